The van der Waals surface area contributed by atoms with Gasteiger partial charge in [-0.05, 0) is 37.1 Å². The maximum absolute atomic E-state index is 13.3. The average Bonchev–Trinajstić information content (AvgIpc) is 2.61. The first kappa shape index (κ1) is 18.9. The molecule has 1 aromatic rings. The molecule has 1 heterocycles. The molecule has 1 aliphatic heterocycles. The molecule has 132 valence electrons. The Kier molecular flexibility index (Phi) is 7.37. The lowest BCUT2D eigenvalue weighted by Gasteiger charge is -2.34. The highest BCUT2D eigenvalue weighted by Crippen LogP contribution is 2.21. The number of nitriles is 2. The van der Waals surface area contributed by atoms with Crippen LogP contribution in [-0.4, -0.2) is 41.9 Å². The van der Waals surface area contributed by atoms with Gasteiger partial charge in [-0.3, -0.25) is 9.69 Å². The van der Waals surface area contributed by atoms with Gasteiger partial charge < -0.3 is 4.90 Å². The molecule has 6 heteroatoms. The molecule has 0 radical (unpaired) electrons. The van der Waals surface area contributed by atoms with Gasteiger partial charge in [-0.15, -0.1) is 0 Å². The van der Waals surface area contributed by atoms with E-state index in [1.54, 1.807) is 11.0 Å². The quantitative estimate of drug-likeness (QED) is 0.764. The van der Waals surface area contributed by atoms with Gasteiger partial charge in [0.15, 0.2) is 0 Å². The number of hydrogen-bond donors (Lipinski definition) is 0. The number of likely N-dealkylation sites (tertiary alicyclic amines) is 1. The molecule has 1 amide bonds. The van der Waals surface area contributed by atoms with Crippen molar-refractivity contribution in [2.45, 2.75) is 32.2 Å². The average molecular weight is 342 g/mol. The standard InChI is InChI=1S/C19H23FN4O/c20-18-7-1-5-16(13-18)14-23-10-2-6-17(15-23)19(25)24(11-3-8-21)12-4-9-22/h1,5,7,13,17H,2-4,6,10-12,14-15H2/t17-/m0/s1. The van der Waals surface area contributed by atoms with Gasteiger partial charge in [-0.25, -0.2) is 4.39 Å². The molecule has 0 unspecified atom stereocenters. The molecular formula is C19H23FN4O. The lowest BCUT2D eigenvalue weighted by molar-refractivity contribution is -0.137. The lowest BCUT2D eigenvalue weighted by atomic mass is 9.95. The minimum absolute atomic E-state index is 0.0226. The van der Waals surface area contributed by atoms with Crippen molar-refractivity contribution in [3.8, 4) is 12.1 Å². The van der Waals surface area contributed by atoms with Crippen molar-refractivity contribution in [1.29, 1.82) is 10.5 Å². The first-order valence-electron chi connectivity index (χ1n) is 8.63. The first-order valence-corrected chi connectivity index (χ1v) is 8.63. The van der Waals surface area contributed by atoms with Crippen molar-refractivity contribution in [2.75, 3.05) is 26.2 Å². The summed E-state index contributed by atoms with van der Waals surface area (Å²) in [4.78, 5) is 16.6. The summed E-state index contributed by atoms with van der Waals surface area (Å²) < 4.78 is 13.3. The lowest BCUT2D eigenvalue weighted by Crippen LogP contribution is -2.45. The van der Waals surface area contributed by atoms with Crippen molar-refractivity contribution >= 4 is 5.91 Å². The van der Waals surface area contributed by atoms with Gasteiger partial charge >= 0.3 is 0 Å². The molecule has 25 heavy (non-hydrogen) atoms. The Hall–Kier alpha value is -2.44. The summed E-state index contributed by atoms with van der Waals surface area (Å²) in [6.07, 6.45) is 2.28. The van der Waals surface area contributed by atoms with Gasteiger partial charge in [0, 0.05) is 26.2 Å². The fraction of sp³-hybridized carbons (Fsp3) is 0.526. The highest BCUT2D eigenvalue weighted by Gasteiger charge is 2.29. The van der Waals surface area contributed by atoms with Crippen LogP contribution >= 0.6 is 0 Å². The molecule has 2 rings (SSSR count). The van der Waals surface area contributed by atoms with E-state index in [0.717, 1.165) is 24.9 Å². The molecule has 0 saturated carbocycles. The summed E-state index contributed by atoms with van der Waals surface area (Å²) in [6.45, 7) is 2.88. The molecule has 1 saturated heterocycles. The van der Waals surface area contributed by atoms with Crippen LogP contribution in [-0.2, 0) is 11.3 Å². The minimum atomic E-state index is -0.249. The zero-order valence-corrected chi connectivity index (χ0v) is 14.3. The molecule has 1 atom stereocenters. The van der Waals surface area contributed by atoms with Gasteiger partial charge in [0.25, 0.3) is 0 Å². The highest BCUT2D eigenvalue weighted by molar-refractivity contribution is 5.79. The van der Waals surface area contributed by atoms with Crippen LogP contribution in [0.25, 0.3) is 0 Å². The third-order valence-corrected chi connectivity index (χ3v) is 4.45. The summed E-state index contributed by atoms with van der Waals surface area (Å²) in [5, 5.41) is 17.5. The van der Waals surface area contributed by atoms with Gasteiger partial charge in [0.2, 0.25) is 5.91 Å². The van der Waals surface area contributed by atoms with Crippen LogP contribution in [0.1, 0.15) is 31.2 Å². The van der Waals surface area contributed by atoms with Crippen LogP contribution in [0.2, 0.25) is 0 Å². The predicted octanol–water partition coefficient (Wildman–Crippen LogP) is 2.69. The van der Waals surface area contributed by atoms with E-state index in [2.05, 4.69) is 17.0 Å². The normalized spacial score (nSPS) is 17.5. The molecule has 5 nitrogen and oxygen atoms in total. The van der Waals surface area contributed by atoms with Gasteiger partial charge in [-0.2, -0.15) is 10.5 Å². The van der Waals surface area contributed by atoms with Crippen molar-refractivity contribution in [3.05, 3.63) is 35.6 Å². The highest BCUT2D eigenvalue weighted by atomic mass is 19.1. The predicted molar refractivity (Wildman–Crippen MR) is 91.4 cm³/mol. The van der Waals surface area contributed by atoms with Gasteiger partial charge in [0.05, 0.1) is 30.9 Å². The van der Waals surface area contributed by atoms with E-state index in [1.807, 2.05) is 6.07 Å². The van der Waals surface area contributed by atoms with Crippen LogP contribution < -0.4 is 0 Å². The zero-order chi connectivity index (χ0) is 18.1. The first-order chi connectivity index (χ1) is 12.1. The van der Waals surface area contributed by atoms with Crippen molar-refractivity contribution in [1.82, 2.24) is 9.80 Å². The van der Waals surface area contributed by atoms with E-state index < -0.39 is 0 Å². The SMILES string of the molecule is N#CCCN(CCC#N)C(=O)[C@H]1CCCN(Cc2cccc(F)c2)C1. The summed E-state index contributed by atoms with van der Waals surface area (Å²) in [6, 6.07) is 10.6. The van der Waals surface area contributed by atoms with Crippen LogP contribution in [0.3, 0.4) is 0 Å². The largest absolute Gasteiger partial charge is 0.340 e. The van der Waals surface area contributed by atoms with Crippen molar-refractivity contribution < 1.29 is 9.18 Å². The van der Waals surface area contributed by atoms with Crippen molar-refractivity contribution in [2.24, 2.45) is 5.92 Å². The topological polar surface area (TPSA) is 71.1 Å². The molecule has 0 bridgehead atoms. The van der Waals surface area contributed by atoms with E-state index in [-0.39, 0.29) is 30.5 Å². The van der Waals surface area contributed by atoms with E-state index >= 15 is 0 Å². The van der Waals surface area contributed by atoms with E-state index in [4.69, 9.17) is 10.5 Å². The second-order valence-electron chi connectivity index (χ2n) is 6.35. The summed E-state index contributed by atoms with van der Waals surface area (Å²) >= 11 is 0. The zero-order valence-electron chi connectivity index (χ0n) is 14.3. The Morgan fingerprint density at radius 2 is 2.00 bits per heavy atom. The molecular weight excluding hydrogens is 319 g/mol. The fourth-order valence-corrected chi connectivity index (χ4v) is 3.25. The van der Waals surface area contributed by atoms with Crippen molar-refractivity contribution in [3.63, 3.8) is 0 Å². The third-order valence-electron chi connectivity index (χ3n) is 4.45. The number of benzene rings is 1. The number of halogens is 1. The second kappa shape index (κ2) is 9.76. The number of rotatable bonds is 7. The van der Waals surface area contributed by atoms with Crippen LogP contribution in [0.5, 0.6) is 0 Å². The Morgan fingerprint density at radius 1 is 1.28 bits per heavy atom. The number of carbonyl (C=O) groups is 1. The molecule has 1 aliphatic rings. The number of piperidine rings is 1. The van der Waals surface area contributed by atoms with Gasteiger partial charge in [0.1, 0.15) is 5.82 Å². The molecule has 1 aromatic carbocycles. The Morgan fingerprint density at radius 3 is 2.64 bits per heavy atom. The molecule has 0 aromatic heterocycles. The van der Waals surface area contributed by atoms with Crippen LogP contribution in [0.15, 0.2) is 24.3 Å². The minimum Gasteiger partial charge on any atom is -0.340 e. The molecule has 0 aliphatic carbocycles. The van der Waals surface area contributed by atoms with E-state index in [0.29, 0.717) is 26.2 Å². The number of hydrogen-bond acceptors (Lipinski definition) is 4. The fourth-order valence-electron chi connectivity index (χ4n) is 3.25. The maximum atomic E-state index is 13.3. The summed E-state index contributed by atoms with van der Waals surface area (Å²) in [7, 11) is 0. The molecule has 0 N–H and O–H groups in total. The van der Waals surface area contributed by atoms with Crippen LogP contribution in [0, 0.1) is 34.4 Å². The molecule has 1 fully saturated rings. The number of nitrogens with zero attached hydrogens (tertiary/aromatic N) is 4. The molecule has 0 spiro atoms. The summed E-state index contributed by atoms with van der Waals surface area (Å²) in [5.41, 5.74) is 0.902. The van der Waals surface area contributed by atoms with E-state index in [1.165, 1.54) is 12.1 Å². The monoisotopic (exact) mass is 342 g/mol. The number of carbonyl (C=O) groups excluding carboxylic acids is 1. The van der Waals surface area contributed by atoms with E-state index in [9.17, 15) is 9.18 Å². The Bertz CT molecular complexity index is 646. The van der Waals surface area contributed by atoms with Crippen LogP contribution in [0.4, 0.5) is 4.39 Å². The Labute approximate surface area is 148 Å². The Balaban J connectivity index is 1.97. The third kappa shape index (κ3) is 5.85. The number of amides is 1. The van der Waals surface area contributed by atoms with Gasteiger partial charge in [-0.1, -0.05) is 12.1 Å². The second-order valence-corrected chi connectivity index (χ2v) is 6.35. The smallest absolute Gasteiger partial charge is 0.227 e. The summed E-state index contributed by atoms with van der Waals surface area (Å²) in [5.74, 6) is -0.351. The maximum Gasteiger partial charge on any atom is 0.227 e.